The highest BCUT2D eigenvalue weighted by Crippen LogP contribution is 2.55. The van der Waals surface area contributed by atoms with Crippen molar-refractivity contribution in [3.63, 3.8) is 0 Å². The van der Waals surface area contributed by atoms with Crippen LogP contribution in [0.1, 0.15) is 25.0 Å². The van der Waals surface area contributed by atoms with E-state index in [1.54, 1.807) is 0 Å². The molecule has 0 N–H and O–H groups in total. The normalized spacial score (nSPS) is 13.7. The number of aromatic nitrogens is 3. The monoisotopic (exact) mass is 661 g/mol. The van der Waals surface area contributed by atoms with Crippen LogP contribution in [0.15, 0.2) is 152 Å². The van der Waals surface area contributed by atoms with Crippen molar-refractivity contribution in [3.05, 3.63) is 163 Å². The van der Waals surface area contributed by atoms with Crippen LogP contribution in [0.4, 0.5) is 0 Å². The number of nitrogens with zero attached hydrogens (tertiary/aromatic N) is 3. The summed E-state index contributed by atoms with van der Waals surface area (Å²) in [5.41, 5.74) is 10.6. The molecule has 0 saturated carbocycles. The maximum Gasteiger partial charge on any atom is 0.235 e. The summed E-state index contributed by atoms with van der Waals surface area (Å²) in [7, 11) is 0. The molecular formula is C49H31N3. The third-order valence-electron chi connectivity index (χ3n) is 11.9. The number of para-hydroxylation sites is 2. The molecule has 2 aromatic heterocycles. The first kappa shape index (κ1) is 28.2. The summed E-state index contributed by atoms with van der Waals surface area (Å²) >= 11 is 0. The standard InChI is InChI=1S/C49H31N3/c1-49(2)38-23-9-6-16-31(38)45-34-21-12-19-29-30-20-13-22-35-44(30)37(36(43(29)34)26-39(45)49)27-42-46(35)33-18-8-11-25-41(33)52(42)48-50-40-24-10-7-17-32(40)47(51-48)28-14-4-3-5-15-28/h3-27H,1-2H3. The second kappa shape index (κ2) is 9.80. The summed E-state index contributed by atoms with van der Waals surface area (Å²) in [6.45, 7) is 4.77. The predicted octanol–water partition coefficient (Wildman–Crippen LogP) is 12.8. The van der Waals surface area contributed by atoms with Crippen molar-refractivity contribution in [1.29, 1.82) is 0 Å². The second-order valence-corrected chi connectivity index (χ2v) is 14.9. The Balaban J connectivity index is 1.28. The number of hydrogen-bond acceptors (Lipinski definition) is 2. The fourth-order valence-electron chi connectivity index (χ4n) is 9.67. The van der Waals surface area contributed by atoms with Gasteiger partial charge >= 0.3 is 0 Å². The van der Waals surface area contributed by atoms with E-state index in [4.69, 9.17) is 9.97 Å². The van der Waals surface area contributed by atoms with Gasteiger partial charge in [-0.25, -0.2) is 9.97 Å². The van der Waals surface area contributed by atoms with Gasteiger partial charge < -0.3 is 0 Å². The highest BCUT2D eigenvalue weighted by molar-refractivity contribution is 6.39. The molecule has 52 heavy (non-hydrogen) atoms. The van der Waals surface area contributed by atoms with Crippen LogP contribution in [-0.2, 0) is 5.41 Å². The highest BCUT2D eigenvalue weighted by Gasteiger charge is 2.37. The Kier molecular flexibility index (Phi) is 5.31. The molecule has 0 aliphatic heterocycles. The van der Waals surface area contributed by atoms with Crippen LogP contribution < -0.4 is 0 Å². The largest absolute Gasteiger partial charge is 0.278 e. The zero-order valence-electron chi connectivity index (χ0n) is 28.8. The van der Waals surface area contributed by atoms with Gasteiger partial charge in [0.1, 0.15) is 0 Å². The molecular weight excluding hydrogens is 631 g/mol. The van der Waals surface area contributed by atoms with Crippen LogP contribution in [0.5, 0.6) is 0 Å². The first-order chi connectivity index (χ1) is 25.6. The first-order valence-corrected chi connectivity index (χ1v) is 18.1. The van der Waals surface area contributed by atoms with Crippen LogP contribution in [0.2, 0.25) is 0 Å². The van der Waals surface area contributed by atoms with Crippen molar-refractivity contribution < 1.29 is 0 Å². The van der Waals surface area contributed by atoms with Gasteiger partial charge in [-0.05, 0) is 89.6 Å². The molecule has 0 spiro atoms. The minimum absolute atomic E-state index is 0.117. The van der Waals surface area contributed by atoms with Gasteiger partial charge in [-0.15, -0.1) is 0 Å². The van der Waals surface area contributed by atoms with Crippen molar-refractivity contribution in [2.75, 3.05) is 0 Å². The molecule has 11 aromatic rings. The quantitative estimate of drug-likeness (QED) is 0.136. The van der Waals surface area contributed by atoms with Crippen molar-refractivity contribution in [3.8, 4) is 28.3 Å². The SMILES string of the molecule is CC1(C)c2ccccc2-c2c1cc1c3cc4c(c5cccc(c6cccc2c61)c35)c1ccccc1n4-c1nc(-c2ccccc2)c2ccccc2n1. The van der Waals surface area contributed by atoms with Crippen LogP contribution >= 0.6 is 0 Å². The molecule has 0 fully saturated rings. The van der Waals surface area contributed by atoms with Crippen LogP contribution in [0, 0.1) is 0 Å². The van der Waals surface area contributed by atoms with Crippen molar-refractivity contribution in [2.45, 2.75) is 19.3 Å². The van der Waals surface area contributed by atoms with Crippen LogP contribution in [0.3, 0.4) is 0 Å². The van der Waals surface area contributed by atoms with Gasteiger partial charge in [0.25, 0.3) is 0 Å². The molecule has 0 radical (unpaired) electrons. The maximum absolute atomic E-state index is 5.40. The summed E-state index contributed by atoms with van der Waals surface area (Å²) in [5, 5.41) is 13.9. The second-order valence-electron chi connectivity index (χ2n) is 14.9. The van der Waals surface area contributed by atoms with Gasteiger partial charge in [-0.2, -0.15) is 0 Å². The molecule has 0 atom stereocenters. The van der Waals surface area contributed by atoms with Gasteiger partial charge in [0.15, 0.2) is 0 Å². The van der Waals surface area contributed by atoms with E-state index >= 15 is 0 Å². The summed E-state index contributed by atoms with van der Waals surface area (Å²) in [6.07, 6.45) is 0. The lowest BCUT2D eigenvalue weighted by Gasteiger charge is -2.23. The average molecular weight is 662 g/mol. The third kappa shape index (κ3) is 3.45. The number of fused-ring (bicyclic) bond motifs is 11. The van der Waals surface area contributed by atoms with E-state index in [-0.39, 0.29) is 5.41 Å². The molecule has 3 heteroatoms. The Hall–Kier alpha value is -6.58. The highest BCUT2D eigenvalue weighted by atomic mass is 15.2. The van der Waals surface area contributed by atoms with Gasteiger partial charge in [0.05, 0.1) is 22.2 Å². The van der Waals surface area contributed by atoms with Crippen molar-refractivity contribution in [2.24, 2.45) is 0 Å². The van der Waals surface area contributed by atoms with E-state index < -0.39 is 0 Å². The topological polar surface area (TPSA) is 30.7 Å². The lowest BCUT2D eigenvalue weighted by atomic mass is 9.80. The fourth-order valence-corrected chi connectivity index (χ4v) is 9.67. The fraction of sp³-hybridized carbons (Fsp3) is 0.0612. The minimum atomic E-state index is -0.117. The number of benzene rings is 9. The van der Waals surface area contributed by atoms with Gasteiger partial charge in [-0.1, -0.05) is 141 Å². The number of hydrogen-bond donors (Lipinski definition) is 0. The number of rotatable bonds is 2. The van der Waals surface area contributed by atoms with E-state index in [0.717, 1.165) is 33.2 Å². The molecule has 0 saturated heterocycles. The lowest BCUT2D eigenvalue weighted by molar-refractivity contribution is 0.661. The Morgan fingerprint density at radius 1 is 0.442 bits per heavy atom. The maximum atomic E-state index is 5.40. The first-order valence-electron chi connectivity index (χ1n) is 18.1. The Morgan fingerprint density at radius 2 is 1.08 bits per heavy atom. The Labute approximate surface area is 299 Å². The van der Waals surface area contributed by atoms with E-state index in [0.29, 0.717) is 5.95 Å². The Bertz CT molecular complexity index is 3310. The smallest absolute Gasteiger partial charge is 0.235 e. The van der Waals surface area contributed by atoms with Gasteiger partial charge in [0.2, 0.25) is 5.95 Å². The molecule has 0 amide bonds. The molecule has 9 aromatic carbocycles. The van der Waals surface area contributed by atoms with Crippen LogP contribution in [0.25, 0.3) is 104 Å². The summed E-state index contributed by atoms with van der Waals surface area (Å²) in [6, 6.07) is 55.3. The summed E-state index contributed by atoms with van der Waals surface area (Å²) in [5.74, 6) is 0.679. The third-order valence-corrected chi connectivity index (χ3v) is 11.9. The van der Waals surface area contributed by atoms with Gasteiger partial charge in [-0.3, -0.25) is 4.57 Å². The van der Waals surface area contributed by atoms with Crippen LogP contribution in [-0.4, -0.2) is 14.5 Å². The van der Waals surface area contributed by atoms with Gasteiger partial charge in [0, 0.05) is 27.1 Å². The zero-order chi connectivity index (χ0) is 34.3. The molecule has 0 bridgehead atoms. The minimum Gasteiger partial charge on any atom is -0.278 e. The molecule has 1 aliphatic carbocycles. The average Bonchev–Trinajstić information content (AvgIpc) is 3.65. The van der Waals surface area contributed by atoms with Crippen molar-refractivity contribution >= 4 is 75.8 Å². The lowest BCUT2D eigenvalue weighted by Crippen LogP contribution is -2.14. The molecule has 3 nitrogen and oxygen atoms in total. The zero-order valence-corrected chi connectivity index (χ0v) is 28.8. The van der Waals surface area contributed by atoms with Crippen molar-refractivity contribution in [1.82, 2.24) is 14.5 Å². The molecule has 1 aliphatic rings. The molecule has 12 rings (SSSR count). The van der Waals surface area contributed by atoms with E-state index in [1.807, 2.05) is 0 Å². The van der Waals surface area contributed by atoms with E-state index in [9.17, 15) is 0 Å². The Morgan fingerprint density at radius 3 is 1.92 bits per heavy atom. The molecule has 242 valence electrons. The predicted molar refractivity (Wildman–Crippen MR) is 218 cm³/mol. The van der Waals surface area contributed by atoms with E-state index in [2.05, 4.69) is 170 Å². The molecule has 2 heterocycles. The van der Waals surface area contributed by atoms with E-state index in [1.165, 1.54) is 76.1 Å². The molecule has 0 unspecified atom stereocenters. The summed E-state index contributed by atoms with van der Waals surface area (Å²) in [4.78, 5) is 10.7. The summed E-state index contributed by atoms with van der Waals surface area (Å²) < 4.78 is 2.30.